The second-order valence-corrected chi connectivity index (χ2v) is 6.66. The molecule has 0 saturated carbocycles. The number of ether oxygens (including phenoxy) is 1. The van der Waals surface area contributed by atoms with Gasteiger partial charge in [0, 0.05) is 10.6 Å². The van der Waals surface area contributed by atoms with Crippen LogP contribution in [-0.2, 0) is 9.53 Å². The van der Waals surface area contributed by atoms with Crippen LogP contribution in [0, 0.1) is 0 Å². The third-order valence-corrected chi connectivity index (χ3v) is 4.46. The van der Waals surface area contributed by atoms with Crippen molar-refractivity contribution < 1.29 is 9.53 Å². The Morgan fingerprint density at radius 3 is 2.04 bits per heavy atom. The fraction of sp³-hybridized carbons (Fsp3) is 0. The molecule has 1 aliphatic heterocycles. The molecule has 0 aliphatic carbocycles. The normalized spacial score (nSPS) is 15.5. The Hall–Kier alpha value is -3.43. The Balaban J connectivity index is 1.56. The maximum absolute atomic E-state index is 12.1. The van der Waals surface area contributed by atoms with Gasteiger partial charge in [0.25, 0.3) is 0 Å². The summed E-state index contributed by atoms with van der Waals surface area (Å²) < 4.78 is 5.31. The van der Waals surface area contributed by atoms with E-state index in [1.807, 2.05) is 84.9 Å². The van der Waals surface area contributed by atoms with Crippen LogP contribution in [0.15, 0.2) is 107 Å². The molecule has 0 fully saturated rings. The van der Waals surface area contributed by atoms with E-state index in [0.717, 1.165) is 22.3 Å². The third-order valence-electron chi connectivity index (χ3n) is 4.24. The molecule has 3 aromatic carbocycles. The first-order valence-corrected chi connectivity index (χ1v) is 9.17. The van der Waals surface area contributed by atoms with Crippen LogP contribution in [0.4, 0.5) is 0 Å². The summed E-state index contributed by atoms with van der Waals surface area (Å²) in [5.41, 5.74) is 4.06. The van der Waals surface area contributed by atoms with Crippen molar-refractivity contribution in [2.45, 2.75) is 0 Å². The standard InChI is InChI=1S/C24H16ClNO2/c25-21(15-17-7-3-1-4-8-17)16-22-24(27)28-23(26-22)20-13-11-19(12-14-20)18-9-5-2-6-10-18/h1-16H/b21-15-,22-16-. The molecule has 0 bridgehead atoms. The summed E-state index contributed by atoms with van der Waals surface area (Å²) in [4.78, 5) is 16.4. The zero-order chi connectivity index (χ0) is 19.3. The molecular formula is C24H16ClNO2. The summed E-state index contributed by atoms with van der Waals surface area (Å²) in [5.74, 6) is -0.234. The van der Waals surface area contributed by atoms with Crippen LogP contribution in [0.1, 0.15) is 11.1 Å². The first-order valence-electron chi connectivity index (χ1n) is 8.80. The predicted molar refractivity (Wildman–Crippen MR) is 113 cm³/mol. The Labute approximate surface area is 168 Å². The lowest BCUT2D eigenvalue weighted by molar-refractivity contribution is -0.130. The van der Waals surface area contributed by atoms with Crippen molar-refractivity contribution in [2.75, 3.05) is 0 Å². The number of halogens is 1. The van der Waals surface area contributed by atoms with Gasteiger partial charge < -0.3 is 4.74 Å². The van der Waals surface area contributed by atoms with Gasteiger partial charge in [0.2, 0.25) is 5.90 Å². The van der Waals surface area contributed by atoms with Crippen molar-refractivity contribution in [3.8, 4) is 11.1 Å². The molecule has 4 rings (SSSR count). The van der Waals surface area contributed by atoms with Gasteiger partial charge in [-0.1, -0.05) is 84.4 Å². The lowest BCUT2D eigenvalue weighted by Gasteiger charge is -2.03. The topological polar surface area (TPSA) is 38.7 Å². The highest BCUT2D eigenvalue weighted by molar-refractivity contribution is 6.33. The van der Waals surface area contributed by atoms with Gasteiger partial charge in [-0.2, -0.15) is 0 Å². The summed E-state index contributed by atoms with van der Waals surface area (Å²) in [6.45, 7) is 0. The largest absolute Gasteiger partial charge is 0.402 e. The fourth-order valence-corrected chi connectivity index (χ4v) is 3.08. The maximum Gasteiger partial charge on any atom is 0.363 e. The molecule has 3 nitrogen and oxygen atoms in total. The number of nitrogens with zero attached hydrogens (tertiary/aromatic N) is 1. The smallest absolute Gasteiger partial charge is 0.363 e. The van der Waals surface area contributed by atoms with E-state index in [1.54, 1.807) is 6.08 Å². The van der Waals surface area contributed by atoms with Crippen molar-refractivity contribution in [1.82, 2.24) is 0 Å². The van der Waals surface area contributed by atoms with E-state index in [0.29, 0.717) is 5.03 Å². The molecule has 0 N–H and O–H groups in total. The first kappa shape index (κ1) is 18.0. The van der Waals surface area contributed by atoms with Crippen LogP contribution in [0.5, 0.6) is 0 Å². The van der Waals surface area contributed by atoms with Crippen molar-refractivity contribution in [2.24, 2.45) is 4.99 Å². The van der Waals surface area contributed by atoms with Gasteiger partial charge in [0.05, 0.1) is 0 Å². The summed E-state index contributed by atoms with van der Waals surface area (Å²) >= 11 is 6.25. The minimum atomic E-state index is -0.512. The molecule has 0 amide bonds. The number of carbonyl (C=O) groups excluding carboxylic acids is 1. The van der Waals surface area contributed by atoms with Crippen LogP contribution >= 0.6 is 11.6 Å². The SMILES string of the molecule is O=C1OC(c2ccc(-c3ccccc3)cc2)=N/C1=C\C(Cl)=C\c1ccccc1. The number of carbonyl (C=O) groups is 1. The van der Waals surface area contributed by atoms with Crippen LogP contribution < -0.4 is 0 Å². The molecule has 0 unspecified atom stereocenters. The van der Waals surface area contributed by atoms with E-state index >= 15 is 0 Å². The average Bonchev–Trinajstić information content (AvgIpc) is 3.09. The summed E-state index contributed by atoms with van der Waals surface area (Å²) in [6, 6.07) is 27.4. The van der Waals surface area contributed by atoms with Crippen molar-refractivity contribution in [1.29, 1.82) is 0 Å². The van der Waals surface area contributed by atoms with Gasteiger partial charge in [-0.05, 0) is 41.0 Å². The fourth-order valence-electron chi connectivity index (χ4n) is 2.85. The highest BCUT2D eigenvalue weighted by Gasteiger charge is 2.24. The number of cyclic esters (lactones) is 1. The van der Waals surface area contributed by atoms with E-state index in [2.05, 4.69) is 4.99 Å². The Bertz CT molecular complexity index is 1080. The molecule has 3 aromatic rings. The lowest BCUT2D eigenvalue weighted by atomic mass is 10.0. The molecule has 4 heteroatoms. The van der Waals surface area contributed by atoms with Crippen LogP contribution in [0.2, 0.25) is 0 Å². The molecule has 0 spiro atoms. The molecule has 28 heavy (non-hydrogen) atoms. The zero-order valence-electron chi connectivity index (χ0n) is 14.9. The van der Waals surface area contributed by atoms with Crippen molar-refractivity contribution in [3.63, 3.8) is 0 Å². The lowest BCUT2D eigenvalue weighted by Crippen LogP contribution is -2.05. The van der Waals surface area contributed by atoms with Crippen LogP contribution in [0.25, 0.3) is 17.2 Å². The van der Waals surface area contributed by atoms with Gasteiger partial charge >= 0.3 is 5.97 Å². The van der Waals surface area contributed by atoms with Gasteiger partial charge in [-0.3, -0.25) is 0 Å². The molecule has 1 heterocycles. The number of aliphatic imine (C=N–C) groups is 1. The number of hydrogen-bond acceptors (Lipinski definition) is 3. The first-order chi connectivity index (χ1) is 13.7. The number of benzene rings is 3. The molecule has 0 saturated heterocycles. The number of hydrogen-bond donors (Lipinski definition) is 0. The van der Waals surface area contributed by atoms with E-state index in [9.17, 15) is 4.79 Å². The number of rotatable bonds is 4. The minimum absolute atomic E-state index is 0.180. The van der Waals surface area contributed by atoms with Gasteiger partial charge in [-0.25, -0.2) is 9.79 Å². The number of allylic oxidation sites excluding steroid dienone is 2. The Morgan fingerprint density at radius 2 is 1.36 bits per heavy atom. The van der Waals surface area contributed by atoms with E-state index in [4.69, 9.17) is 16.3 Å². The van der Waals surface area contributed by atoms with E-state index in [1.165, 1.54) is 6.08 Å². The molecular weight excluding hydrogens is 370 g/mol. The quantitative estimate of drug-likeness (QED) is 0.419. The van der Waals surface area contributed by atoms with Crippen molar-refractivity contribution in [3.05, 3.63) is 113 Å². The Morgan fingerprint density at radius 1 is 0.786 bits per heavy atom. The van der Waals surface area contributed by atoms with E-state index in [-0.39, 0.29) is 11.6 Å². The zero-order valence-corrected chi connectivity index (χ0v) is 15.6. The monoisotopic (exact) mass is 385 g/mol. The highest BCUT2D eigenvalue weighted by atomic mass is 35.5. The van der Waals surface area contributed by atoms with Gasteiger partial charge in [0.1, 0.15) is 0 Å². The highest BCUT2D eigenvalue weighted by Crippen LogP contribution is 2.23. The molecule has 1 aliphatic rings. The number of esters is 1. The third kappa shape index (κ3) is 4.11. The average molecular weight is 386 g/mol. The second kappa shape index (κ2) is 8.07. The Kier molecular flexibility index (Phi) is 5.18. The molecule has 0 radical (unpaired) electrons. The van der Waals surface area contributed by atoms with Crippen molar-refractivity contribution >= 4 is 29.5 Å². The molecule has 0 atom stereocenters. The maximum atomic E-state index is 12.1. The van der Waals surface area contributed by atoms with Gasteiger partial charge in [0.15, 0.2) is 5.70 Å². The van der Waals surface area contributed by atoms with Crippen LogP contribution in [-0.4, -0.2) is 11.9 Å². The summed E-state index contributed by atoms with van der Waals surface area (Å²) in [6.07, 6.45) is 3.28. The summed E-state index contributed by atoms with van der Waals surface area (Å²) in [7, 11) is 0. The van der Waals surface area contributed by atoms with E-state index < -0.39 is 5.97 Å². The predicted octanol–water partition coefficient (Wildman–Crippen LogP) is 5.82. The molecule has 0 aromatic heterocycles. The van der Waals surface area contributed by atoms with Gasteiger partial charge in [-0.15, -0.1) is 0 Å². The van der Waals surface area contributed by atoms with Crippen LogP contribution in [0.3, 0.4) is 0 Å². The summed E-state index contributed by atoms with van der Waals surface area (Å²) in [5, 5.41) is 0.405. The minimum Gasteiger partial charge on any atom is -0.402 e. The second-order valence-electron chi connectivity index (χ2n) is 6.22. The molecule has 136 valence electrons.